The van der Waals surface area contributed by atoms with Gasteiger partial charge in [0.2, 0.25) is 0 Å². The number of ether oxygens (including phenoxy) is 1. The van der Waals surface area contributed by atoms with Gasteiger partial charge in [-0.3, -0.25) is 4.90 Å². The lowest BCUT2D eigenvalue weighted by Gasteiger charge is -2.48. The number of anilines is 1. The number of methoxy groups -OCH3 is 1. The number of rotatable bonds is 4. The number of halogens is 3. The number of likely N-dealkylation sites (tertiary alicyclic amines) is 1. The molecular formula is C21H25ClFIN6O. The molecule has 3 aromatic rings. The summed E-state index contributed by atoms with van der Waals surface area (Å²) in [6.07, 6.45) is 1.41. The van der Waals surface area contributed by atoms with E-state index in [1.54, 1.807) is 17.9 Å². The molecule has 1 fully saturated rings. The van der Waals surface area contributed by atoms with Crippen molar-refractivity contribution in [2.45, 2.75) is 45.2 Å². The molecule has 0 bridgehead atoms. The normalized spacial score (nSPS) is 16.5. The number of hydrogen-bond donors (Lipinski definition) is 1. The van der Waals surface area contributed by atoms with Crippen molar-refractivity contribution in [1.82, 2.24) is 24.6 Å². The predicted octanol–water partition coefficient (Wildman–Crippen LogP) is 4.62. The molecule has 10 heteroatoms. The van der Waals surface area contributed by atoms with Gasteiger partial charge >= 0.3 is 0 Å². The molecule has 1 aromatic carbocycles. The van der Waals surface area contributed by atoms with E-state index in [1.807, 2.05) is 6.92 Å². The van der Waals surface area contributed by atoms with Crippen LogP contribution >= 0.6 is 34.2 Å². The highest BCUT2D eigenvalue weighted by atomic mass is 127. The Labute approximate surface area is 199 Å². The molecule has 4 rings (SSSR count). The van der Waals surface area contributed by atoms with Crippen molar-refractivity contribution in [3.8, 4) is 5.75 Å². The molecule has 0 spiro atoms. The van der Waals surface area contributed by atoms with Crippen LogP contribution in [0.3, 0.4) is 0 Å². The van der Waals surface area contributed by atoms with Crippen LogP contribution in [0.15, 0.2) is 12.4 Å². The minimum absolute atomic E-state index is 0.00583. The molecule has 7 nitrogen and oxygen atoms in total. The van der Waals surface area contributed by atoms with E-state index in [1.165, 1.54) is 6.33 Å². The molecule has 166 valence electrons. The monoisotopic (exact) mass is 558 g/mol. The fraction of sp³-hybridized carbons (Fsp3) is 0.476. The average molecular weight is 559 g/mol. The van der Waals surface area contributed by atoms with Crippen molar-refractivity contribution in [3.05, 3.63) is 38.1 Å². The maximum absolute atomic E-state index is 15.2. The van der Waals surface area contributed by atoms with Crippen LogP contribution in [-0.2, 0) is 0 Å². The zero-order chi connectivity index (χ0) is 22.7. The molecular weight excluding hydrogens is 534 g/mol. The van der Waals surface area contributed by atoms with Crippen LogP contribution in [0.1, 0.15) is 50.8 Å². The van der Waals surface area contributed by atoms with Gasteiger partial charge in [-0.15, -0.1) is 0 Å². The van der Waals surface area contributed by atoms with Crippen molar-refractivity contribution >= 4 is 51.0 Å². The molecule has 1 aliphatic rings. The van der Waals surface area contributed by atoms with Gasteiger partial charge in [0, 0.05) is 35.7 Å². The summed E-state index contributed by atoms with van der Waals surface area (Å²) < 4.78 is 23.4. The molecule has 3 heterocycles. The van der Waals surface area contributed by atoms with Gasteiger partial charge in [0.25, 0.3) is 0 Å². The Bertz CT molecular complexity index is 1160. The summed E-state index contributed by atoms with van der Waals surface area (Å²) in [7, 11) is 1.56. The fourth-order valence-electron chi connectivity index (χ4n) is 4.12. The lowest BCUT2D eigenvalue weighted by Crippen LogP contribution is -2.54. The van der Waals surface area contributed by atoms with Crippen LogP contribution in [-0.4, -0.2) is 50.4 Å². The summed E-state index contributed by atoms with van der Waals surface area (Å²) in [6.45, 7) is 9.91. The fourth-order valence-corrected chi connectivity index (χ4v) is 5.08. The molecule has 2 aromatic heterocycles. The van der Waals surface area contributed by atoms with E-state index in [9.17, 15) is 0 Å². The zero-order valence-corrected chi connectivity index (χ0v) is 21.0. The molecule has 0 aliphatic carbocycles. The quantitative estimate of drug-likeness (QED) is 0.471. The second-order valence-electron chi connectivity index (χ2n) is 8.85. The summed E-state index contributed by atoms with van der Waals surface area (Å²) in [5.41, 5.74) is 7.94. The van der Waals surface area contributed by atoms with Crippen LogP contribution in [0, 0.1) is 9.52 Å². The van der Waals surface area contributed by atoms with Crippen molar-refractivity contribution in [2.24, 2.45) is 0 Å². The summed E-state index contributed by atoms with van der Waals surface area (Å²) in [5.74, 6) is 0.467. The number of nitrogen functional groups attached to an aromatic ring is 1. The van der Waals surface area contributed by atoms with Crippen molar-refractivity contribution in [1.29, 1.82) is 0 Å². The van der Waals surface area contributed by atoms with E-state index in [2.05, 4.69) is 63.3 Å². The van der Waals surface area contributed by atoms with Gasteiger partial charge in [-0.05, 0) is 56.4 Å². The Morgan fingerprint density at radius 1 is 1.32 bits per heavy atom. The van der Waals surface area contributed by atoms with Gasteiger partial charge < -0.3 is 10.5 Å². The first-order chi connectivity index (χ1) is 14.5. The second-order valence-corrected chi connectivity index (χ2v) is 10.3. The molecule has 1 saturated heterocycles. The van der Waals surface area contributed by atoms with E-state index in [-0.39, 0.29) is 22.5 Å². The van der Waals surface area contributed by atoms with Crippen LogP contribution < -0.4 is 10.5 Å². The van der Waals surface area contributed by atoms with Crippen LogP contribution in [0.25, 0.3) is 11.0 Å². The van der Waals surface area contributed by atoms with Crippen LogP contribution in [0.5, 0.6) is 5.75 Å². The number of fused-ring (bicyclic) bond motifs is 1. The summed E-state index contributed by atoms with van der Waals surface area (Å²) >= 11 is 8.47. The van der Waals surface area contributed by atoms with Gasteiger partial charge in [0.15, 0.2) is 5.65 Å². The third kappa shape index (κ3) is 3.74. The zero-order valence-electron chi connectivity index (χ0n) is 18.1. The van der Waals surface area contributed by atoms with E-state index in [4.69, 9.17) is 22.1 Å². The number of hydrogen-bond acceptors (Lipinski definition) is 6. The largest absolute Gasteiger partial charge is 0.496 e. The number of benzene rings is 1. The van der Waals surface area contributed by atoms with Gasteiger partial charge in [0.05, 0.1) is 23.6 Å². The minimum atomic E-state index is -0.417. The van der Waals surface area contributed by atoms with Gasteiger partial charge in [-0.2, -0.15) is 5.10 Å². The average Bonchev–Trinajstić information content (AvgIpc) is 3.00. The van der Waals surface area contributed by atoms with Crippen molar-refractivity contribution in [3.63, 3.8) is 0 Å². The van der Waals surface area contributed by atoms with E-state index in [0.717, 1.165) is 18.7 Å². The molecule has 1 atom stereocenters. The Morgan fingerprint density at radius 3 is 2.61 bits per heavy atom. The van der Waals surface area contributed by atoms with Crippen molar-refractivity contribution < 1.29 is 9.13 Å². The van der Waals surface area contributed by atoms with Gasteiger partial charge in [0.1, 0.15) is 27.4 Å². The number of nitrogens with zero attached hydrogens (tertiary/aromatic N) is 5. The first-order valence-corrected chi connectivity index (χ1v) is 11.4. The third-order valence-corrected chi connectivity index (χ3v) is 7.00. The van der Waals surface area contributed by atoms with Crippen LogP contribution in [0.4, 0.5) is 10.2 Å². The molecule has 1 aliphatic heterocycles. The molecule has 0 radical (unpaired) electrons. The maximum Gasteiger partial charge on any atom is 0.165 e. The summed E-state index contributed by atoms with van der Waals surface area (Å²) in [4.78, 5) is 10.8. The Kier molecular flexibility index (Phi) is 5.80. The number of aromatic nitrogens is 4. The highest BCUT2D eigenvalue weighted by Crippen LogP contribution is 2.44. The molecule has 2 N–H and O–H groups in total. The van der Waals surface area contributed by atoms with E-state index in [0.29, 0.717) is 31.9 Å². The molecule has 1 unspecified atom stereocenters. The van der Waals surface area contributed by atoms with Gasteiger partial charge in [-0.25, -0.2) is 19.0 Å². The Morgan fingerprint density at radius 2 is 2.00 bits per heavy atom. The second kappa shape index (κ2) is 8.00. The molecule has 0 saturated carbocycles. The maximum atomic E-state index is 15.2. The highest BCUT2D eigenvalue weighted by molar-refractivity contribution is 14.1. The standard InChI is InChI=1S/C21H25ClFIN6O/c1-10(30-20-15(18(24)28-30)19(25)26-9-27-20)12-6-13(22)16(23)14(17(12)31-5)11-7-29(8-11)21(2,3)4/h6,9-11H,7-8H2,1-5H3,(H2,25,26,27). The van der Waals surface area contributed by atoms with E-state index >= 15 is 4.39 Å². The smallest absolute Gasteiger partial charge is 0.165 e. The Hall–Kier alpha value is -1.72. The van der Waals surface area contributed by atoms with Crippen molar-refractivity contribution in [2.75, 3.05) is 25.9 Å². The van der Waals surface area contributed by atoms with Crippen LogP contribution in [0.2, 0.25) is 5.02 Å². The highest BCUT2D eigenvalue weighted by Gasteiger charge is 2.39. The lowest BCUT2D eigenvalue weighted by molar-refractivity contribution is 0.0448. The van der Waals surface area contributed by atoms with E-state index < -0.39 is 5.82 Å². The minimum Gasteiger partial charge on any atom is -0.496 e. The molecule has 31 heavy (non-hydrogen) atoms. The summed E-state index contributed by atoms with van der Waals surface area (Å²) in [6, 6.07) is 1.31. The van der Waals surface area contributed by atoms with Gasteiger partial charge in [-0.1, -0.05) is 11.6 Å². The first kappa shape index (κ1) is 22.5. The first-order valence-electron chi connectivity index (χ1n) is 9.99. The summed E-state index contributed by atoms with van der Waals surface area (Å²) in [5, 5.41) is 5.40. The molecule has 0 amide bonds. The predicted molar refractivity (Wildman–Crippen MR) is 128 cm³/mol. The SMILES string of the molecule is COc1c(C(C)n2nc(I)c3c(N)ncnc32)cc(Cl)c(F)c1C1CN(C(C)(C)C)C1. The lowest BCUT2D eigenvalue weighted by atomic mass is 9.84. The third-order valence-electron chi connectivity index (χ3n) is 5.97. The number of nitrogens with two attached hydrogens (primary N) is 1. The topological polar surface area (TPSA) is 82.1 Å². The Balaban J connectivity index is 1.81.